The summed E-state index contributed by atoms with van der Waals surface area (Å²) in [6.45, 7) is 5.71. The average molecular weight is 576 g/mol. The summed E-state index contributed by atoms with van der Waals surface area (Å²) in [4.78, 5) is 34.3. The Morgan fingerprint density at radius 2 is 1.76 bits per heavy atom. The lowest BCUT2D eigenvalue weighted by atomic mass is 10.0. The molecule has 3 aromatic rings. The van der Waals surface area contributed by atoms with Gasteiger partial charge in [0.1, 0.15) is 11.9 Å². The van der Waals surface area contributed by atoms with Crippen LogP contribution in [0.1, 0.15) is 25.0 Å². The second-order valence-corrected chi connectivity index (χ2v) is 10.9. The Hall–Kier alpha value is -4.35. The third-order valence-corrected chi connectivity index (χ3v) is 7.50. The molecule has 0 unspecified atom stereocenters. The maximum atomic E-state index is 13.5. The van der Waals surface area contributed by atoms with Gasteiger partial charge in [0.2, 0.25) is 12.7 Å². The normalized spacial score (nSPS) is 18.8. The number of anilines is 2. The minimum atomic E-state index is -0.441. The lowest BCUT2D eigenvalue weighted by Gasteiger charge is -2.34. The molecule has 2 aliphatic heterocycles. The van der Waals surface area contributed by atoms with Crippen LogP contribution in [0.5, 0.6) is 17.2 Å². The predicted octanol–water partition coefficient (Wildman–Crippen LogP) is 3.74. The van der Waals surface area contributed by atoms with Crippen molar-refractivity contribution < 1.29 is 28.9 Å². The minimum absolute atomic E-state index is 0.0148. The van der Waals surface area contributed by atoms with Crippen molar-refractivity contribution >= 4 is 23.3 Å². The summed E-state index contributed by atoms with van der Waals surface area (Å²) in [7, 11) is 2.04. The highest BCUT2D eigenvalue weighted by Crippen LogP contribution is 2.34. The van der Waals surface area contributed by atoms with Crippen LogP contribution in [-0.2, 0) is 17.8 Å². The van der Waals surface area contributed by atoms with E-state index in [1.807, 2.05) is 26.1 Å². The van der Waals surface area contributed by atoms with E-state index in [1.54, 1.807) is 53.7 Å². The van der Waals surface area contributed by atoms with Crippen molar-refractivity contribution in [1.82, 2.24) is 14.8 Å². The van der Waals surface area contributed by atoms with Crippen LogP contribution in [0, 0.1) is 5.92 Å². The number of hydrogen-bond donors (Lipinski definition) is 3. The number of carbonyl (C=O) groups is 2. The largest absolute Gasteiger partial charge is 0.488 e. The van der Waals surface area contributed by atoms with Gasteiger partial charge in [-0.15, -0.1) is 0 Å². The van der Waals surface area contributed by atoms with Crippen molar-refractivity contribution in [3.63, 3.8) is 0 Å². The van der Waals surface area contributed by atoms with E-state index in [-0.39, 0.29) is 43.8 Å². The molecular weight excluding hydrogens is 538 g/mol. The second-order valence-electron chi connectivity index (χ2n) is 10.9. The van der Waals surface area contributed by atoms with Crippen molar-refractivity contribution in [1.29, 1.82) is 0 Å². The van der Waals surface area contributed by atoms with Gasteiger partial charge in [0.05, 0.1) is 19.1 Å². The Labute approximate surface area is 245 Å². The molecule has 222 valence electrons. The second kappa shape index (κ2) is 13.1. The first kappa shape index (κ1) is 29.2. The fraction of sp³-hybridized carbons (Fsp3) is 0.387. The molecule has 0 fully saturated rings. The van der Waals surface area contributed by atoms with Crippen LogP contribution in [0.3, 0.4) is 0 Å². The first-order valence-corrected chi connectivity index (χ1v) is 14.0. The maximum Gasteiger partial charge on any atom is 0.323 e. The number of ether oxygens (including phenoxy) is 3. The lowest BCUT2D eigenvalue weighted by molar-refractivity contribution is -0.134. The molecule has 3 atom stereocenters. The summed E-state index contributed by atoms with van der Waals surface area (Å²) in [6, 6.07) is 13.7. The number of amides is 3. The smallest absolute Gasteiger partial charge is 0.323 e. The van der Waals surface area contributed by atoms with Gasteiger partial charge in [0, 0.05) is 61.0 Å². The van der Waals surface area contributed by atoms with Crippen LogP contribution in [0.15, 0.2) is 60.9 Å². The highest BCUT2D eigenvalue weighted by atomic mass is 16.7. The summed E-state index contributed by atoms with van der Waals surface area (Å²) in [5, 5.41) is 15.5. The molecule has 0 spiro atoms. The van der Waals surface area contributed by atoms with Crippen LogP contribution >= 0.6 is 0 Å². The number of pyridine rings is 1. The van der Waals surface area contributed by atoms with Gasteiger partial charge in [-0.2, -0.15) is 0 Å². The summed E-state index contributed by atoms with van der Waals surface area (Å²) in [5.41, 5.74) is 2.87. The molecule has 3 N–H and O–H groups in total. The number of nitrogens with zero attached hydrogens (tertiary/aromatic N) is 3. The number of likely N-dealkylation sites (N-methyl/N-ethyl adjacent to an activating group) is 1. The number of rotatable bonds is 8. The summed E-state index contributed by atoms with van der Waals surface area (Å²) >= 11 is 0. The summed E-state index contributed by atoms with van der Waals surface area (Å²) in [6.07, 6.45) is 3.40. The first-order chi connectivity index (χ1) is 20.3. The fourth-order valence-corrected chi connectivity index (χ4v) is 5.16. The third kappa shape index (κ3) is 7.10. The Morgan fingerprint density at radius 1 is 1.07 bits per heavy atom. The molecule has 0 saturated heterocycles. The van der Waals surface area contributed by atoms with Crippen LogP contribution < -0.4 is 24.8 Å². The standard InChI is InChI=1S/C31H37N5O6/c1-20-15-36(21(2)18-37)30(38)13-23-12-24(33-31(39)34-25-5-7-27-28(14-25)41-19-40-27)4-6-26(23)42-29(20)17-35(3)16-22-8-10-32-11-9-22/h4-12,14,20-21,29,37H,13,15-19H2,1-3H3,(H2,33,34,39)/t20-,21+,29-/m0/s1. The zero-order valence-electron chi connectivity index (χ0n) is 24.1. The van der Waals surface area contributed by atoms with Gasteiger partial charge in [-0.3, -0.25) is 14.7 Å². The number of urea groups is 1. The molecule has 5 rings (SSSR count). The Bertz CT molecular complexity index is 1400. The highest BCUT2D eigenvalue weighted by molar-refractivity contribution is 6.00. The molecule has 3 amide bonds. The van der Waals surface area contributed by atoms with E-state index in [2.05, 4.69) is 27.4 Å². The SMILES string of the molecule is C[C@H](CO)N1C[C@H](C)[C@H](CN(C)Cc2ccncc2)Oc2ccc(NC(=O)Nc3ccc4c(c3)OCO4)cc2CC1=O. The molecule has 0 bridgehead atoms. The number of nitrogens with one attached hydrogen (secondary N) is 2. The molecular formula is C31H37N5O6. The van der Waals surface area contributed by atoms with Crippen LogP contribution in [0.2, 0.25) is 0 Å². The zero-order chi connectivity index (χ0) is 29.6. The molecule has 42 heavy (non-hydrogen) atoms. The molecule has 2 aliphatic rings. The van der Waals surface area contributed by atoms with Gasteiger partial charge in [-0.05, 0) is 62.0 Å². The van der Waals surface area contributed by atoms with E-state index >= 15 is 0 Å². The van der Waals surface area contributed by atoms with Crippen molar-refractivity contribution in [3.05, 3.63) is 72.1 Å². The van der Waals surface area contributed by atoms with Gasteiger partial charge in [0.25, 0.3) is 0 Å². The van der Waals surface area contributed by atoms with Crippen LogP contribution in [0.4, 0.5) is 16.2 Å². The molecule has 11 heteroatoms. The molecule has 3 heterocycles. The van der Waals surface area contributed by atoms with Gasteiger partial charge >= 0.3 is 6.03 Å². The number of aliphatic hydroxyl groups is 1. The summed E-state index contributed by atoms with van der Waals surface area (Å²) in [5.74, 6) is 1.67. The Kier molecular flexibility index (Phi) is 9.09. The van der Waals surface area contributed by atoms with Crippen LogP contribution in [0.25, 0.3) is 0 Å². The Morgan fingerprint density at radius 3 is 2.50 bits per heavy atom. The van der Waals surface area contributed by atoms with Gasteiger partial charge in [-0.1, -0.05) is 6.92 Å². The Balaban J connectivity index is 1.34. The maximum absolute atomic E-state index is 13.5. The molecule has 0 radical (unpaired) electrons. The van der Waals surface area contributed by atoms with Crippen molar-refractivity contribution in [2.45, 2.75) is 39.0 Å². The number of benzene rings is 2. The monoisotopic (exact) mass is 575 g/mol. The van der Waals surface area contributed by atoms with E-state index in [4.69, 9.17) is 14.2 Å². The summed E-state index contributed by atoms with van der Waals surface area (Å²) < 4.78 is 17.3. The fourth-order valence-electron chi connectivity index (χ4n) is 5.16. The molecule has 0 saturated carbocycles. The quantitative estimate of drug-likeness (QED) is 0.371. The third-order valence-electron chi connectivity index (χ3n) is 7.50. The van der Waals surface area contributed by atoms with Gasteiger partial charge in [-0.25, -0.2) is 4.79 Å². The first-order valence-electron chi connectivity index (χ1n) is 14.0. The minimum Gasteiger partial charge on any atom is -0.488 e. The zero-order valence-corrected chi connectivity index (χ0v) is 24.1. The van der Waals surface area contributed by atoms with E-state index in [0.29, 0.717) is 47.3 Å². The van der Waals surface area contributed by atoms with Crippen molar-refractivity contribution in [2.75, 3.05) is 44.2 Å². The number of aliphatic hydroxyl groups excluding tert-OH is 1. The van der Waals surface area contributed by atoms with E-state index in [0.717, 1.165) is 12.1 Å². The predicted molar refractivity (Wildman–Crippen MR) is 158 cm³/mol. The molecule has 11 nitrogen and oxygen atoms in total. The number of hydrogen-bond acceptors (Lipinski definition) is 8. The number of carbonyl (C=O) groups excluding carboxylic acids is 2. The van der Waals surface area contributed by atoms with Crippen molar-refractivity contribution in [2.24, 2.45) is 5.92 Å². The van der Waals surface area contributed by atoms with E-state index in [9.17, 15) is 14.7 Å². The van der Waals surface area contributed by atoms with Gasteiger partial charge < -0.3 is 34.9 Å². The molecule has 0 aliphatic carbocycles. The lowest BCUT2D eigenvalue weighted by Crippen LogP contribution is -2.47. The van der Waals surface area contributed by atoms with Gasteiger partial charge in [0.15, 0.2) is 11.5 Å². The molecule has 1 aromatic heterocycles. The average Bonchev–Trinajstić information content (AvgIpc) is 3.45. The topological polar surface area (TPSA) is 125 Å². The van der Waals surface area contributed by atoms with Crippen molar-refractivity contribution in [3.8, 4) is 17.2 Å². The van der Waals surface area contributed by atoms with E-state index in [1.165, 1.54) is 0 Å². The highest BCUT2D eigenvalue weighted by Gasteiger charge is 2.31. The number of fused-ring (bicyclic) bond motifs is 2. The number of aromatic nitrogens is 1. The molecule has 2 aromatic carbocycles. The van der Waals surface area contributed by atoms with Crippen LogP contribution in [-0.4, -0.2) is 77.5 Å². The van der Waals surface area contributed by atoms with E-state index < -0.39 is 6.03 Å².